The number of Topliss-reactive ketones (excluding diaryl/α,β-unsaturated/α-hetero) is 1. The van der Waals surface area contributed by atoms with Crippen molar-refractivity contribution < 1.29 is 23.1 Å². The van der Waals surface area contributed by atoms with Crippen LogP contribution in [0.25, 0.3) is 0 Å². The van der Waals surface area contributed by atoms with Gasteiger partial charge in [0, 0.05) is 5.56 Å². The van der Waals surface area contributed by atoms with Crippen LogP contribution in [0, 0.1) is 11.6 Å². The molecule has 0 fully saturated rings. The Balaban J connectivity index is 2.99. The molecule has 0 amide bonds. The molecule has 0 radical (unpaired) electrons. The standard InChI is InChI=1S/C13H15F2NO3/c1-16(2)11(7-12(17)19-3)13(18)8-4-5-9(14)10(15)6-8/h4-6,11H,7H2,1-3H3. The van der Waals surface area contributed by atoms with Crippen LogP contribution in [0.15, 0.2) is 18.2 Å². The number of halogens is 2. The van der Waals surface area contributed by atoms with Gasteiger partial charge in [-0.3, -0.25) is 14.5 Å². The first kappa shape index (κ1) is 15.2. The average Bonchev–Trinajstić information content (AvgIpc) is 2.37. The second-order valence-corrected chi connectivity index (χ2v) is 4.25. The van der Waals surface area contributed by atoms with E-state index in [2.05, 4.69) is 4.74 Å². The third kappa shape index (κ3) is 3.82. The Morgan fingerprint density at radius 3 is 2.37 bits per heavy atom. The van der Waals surface area contributed by atoms with E-state index in [1.54, 1.807) is 14.1 Å². The highest BCUT2D eigenvalue weighted by Gasteiger charge is 2.26. The van der Waals surface area contributed by atoms with Crippen molar-refractivity contribution in [3.05, 3.63) is 35.4 Å². The minimum atomic E-state index is -1.10. The summed E-state index contributed by atoms with van der Waals surface area (Å²) in [5.74, 6) is -3.13. The lowest BCUT2D eigenvalue weighted by Gasteiger charge is -2.22. The summed E-state index contributed by atoms with van der Waals surface area (Å²) in [5.41, 5.74) is 0.0153. The van der Waals surface area contributed by atoms with Crippen LogP contribution in [-0.2, 0) is 9.53 Å². The van der Waals surface area contributed by atoms with Gasteiger partial charge >= 0.3 is 5.97 Å². The summed E-state index contributed by atoms with van der Waals surface area (Å²) in [7, 11) is 4.45. The van der Waals surface area contributed by atoms with Gasteiger partial charge in [-0.25, -0.2) is 8.78 Å². The zero-order valence-corrected chi connectivity index (χ0v) is 10.9. The summed E-state index contributed by atoms with van der Waals surface area (Å²) >= 11 is 0. The Bertz CT molecular complexity index is 489. The predicted molar refractivity (Wildman–Crippen MR) is 64.8 cm³/mol. The highest BCUT2D eigenvalue weighted by molar-refractivity contribution is 6.01. The highest BCUT2D eigenvalue weighted by atomic mass is 19.2. The van der Waals surface area contributed by atoms with Gasteiger partial charge in [-0.15, -0.1) is 0 Å². The van der Waals surface area contributed by atoms with Crippen LogP contribution in [-0.4, -0.2) is 43.9 Å². The monoisotopic (exact) mass is 271 g/mol. The van der Waals surface area contributed by atoms with Crippen molar-refractivity contribution >= 4 is 11.8 Å². The normalized spacial score (nSPS) is 12.3. The van der Waals surface area contributed by atoms with Crippen molar-refractivity contribution in [2.75, 3.05) is 21.2 Å². The molecular formula is C13H15F2NO3. The van der Waals surface area contributed by atoms with Gasteiger partial charge in [-0.1, -0.05) is 0 Å². The smallest absolute Gasteiger partial charge is 0.307 e. The maximum absolute atomic E-state index is 13.1. The lowest BCUT2D eigenvalue weighted by atomic mass is 10.0. The van der Waals surface area contributed by atoms with E-state index in [9.17, 15) is 18.4 Å². The third-order valence-electron chi connectivity index (χ3n) is 2.72. The molecule has 1 rings (SSSR count). The Hall–Kier alpha value is -1.82. The van der Waals surface area contributed by atoms with E-state index in [-0.39, 0.29) is 12.0 Å². The molecule has 104 valence electrons. The van der Waals surface area contributed by atoms with E-state index >= 15 is 0 Å². The molecule has 0 aliphatic carbocycles. The van der Waals surface area contributed by atoms with Gasteiger partial charge < -0.3 is 4.74 Å². The molecule has 1 unspecified atom stereocenters. The van der Waals surface area contributed by atoms with Gasteiger partial charge in [0.15, 0.2) is 17.4 Å². The quantitative estimate of drug-likeness (QED) is 0.603. The number of hydrogen-bond donors (Lipinski definition) is 0. The average molecular weight is 271 g/mol. The molecule has 4 nitrogen and oxygen atoms in total. The number of carbonyl (C=O) groups is 2. The first-order valence-corrected chi connectivity index (χ1v) is 5.59. The van der Waals surface area contributed by atoms with Crippen molar-refractivity contribution in [1.82, 2.24) is 4.90 Å². The number of esters is 1. The number of carbonyl (C=O) groups excluding carboxylic acids is 2. The van der Waals surface area contributed by atoms with Crippen LogP contribution < -0.4 is 0 Å². The minimum absolute atomic E-state index is 0.0153. The molecule has 0 aromatic heterocycles. The molecule has 1 aromatic carbocycles. The summed E-state index contributed by atoms with van der Waals surface area (Å²) in [6, 6.07) is 2.12. The first-order valence-electron chi connectivity index (χ1n) is 5.59. The Morgan fingerprint density at radius 1 is 1.26 bits per heavy atom. The maximum atomic E-state index is 13.1. The number of nitrogens with zero attached hydrogens (tertiary/aromatic N) is 1. The number of methoxy groups -OCH3 is 1. The number of benzene rings is 1. The van der Waals surface area contributed by atoms with E-state index in [1.165, 1.54) is 18.1 Å². The summed E-state index contributed by atoms with van der Waals surface area (Å²) in [6.07, 6.45) is -0.151. The van der Waals surface area contributed by atoms with Crippen LogP contribution in [0.4, 0.5) is 8.78 Å². The van der Waals surface area contributed by atoms with E-state index in [1.807, 2.05) is 0 Å². The fourth-order valence-electron chi connectivity index (χ4n) is 1.59. The van der Waals surface area contributed by atoms with E-state index in [4.69, 9.17) is 0 Å². The van der Waals surface area contributed by atoms with Gasteiger partial charge in [0.2, 0.25) is 0 Å². The van der Waals surface area contributed by atoms with Crippen molar-refractivity contribution in [1.29, 1.82) is 0 Å². The number of likely N-dealkylation sites (N-methyl/N-ethyl adjacent to an activating group) is 1. The second-order valence-electron chi connectivity index (χ2n) is 4.25. The van der Waals surface area contributed by atoms with Gasteiger partial charge in [-0.05, 0) is 32.3 Å². The van der Waals surface area contributed by atoms with E-state index in [0.29, 0.717) is 0 Å². The Kier molecular flexibility index (Phi) is 5.11. The van der Waals surface area contributed by atoms with Crippen molar-refractivity contribution in [3.63, 3.8) is 0 Å². The molecule has 0 N–H and O–H groups in total. The molecule has 0 aliphatic rings. The molecule has 0 spiro atoms. The van der Waals surface area contributed by atoms with Crippen LogP contribution >= 0.6 is 0 Å². The number of hydrogen-bond acceptors (Lipinski definition) is 4. The molecule has 0 saturated carbocycles. The predicted octanol–water partition coefficient (Wildman–Crippen LogP) is 1.64. The molecular weight excluding hydrogens is 256 g/mol. The highest BCUT2D eigenvalue weighted by Crippen LogP contribution is 2.14. The van der Waals surface area contributed by atoms with Gasteiger partial charge in [0.25, 0.3) is 0 Å². The SMILES string of the molecule is COC(=O)CC(C(=O)c1ccc(F)c(F)c1)N(C)C. The molecule has 1 atom stereocenters. The summed E-state index contributed by atoms with van der Waals surface area (Å²) in [6.45, 7) is 0. The van der Waals surface area contributed by atoms with Gasteiger partial charge in [0.05, 0.1) is 19.6 Å². The lowest BCUT2D eigenvalue weighted by molar-refractivity contribution is -0.141. The molecule has 0 saturated heterocycles. The molecule has 0 bridgehead atoms. The minimum Gasteiger partial charge on any atom is -0.469 e. The van der Waals surface area contributed by atoms with Crippen LogP contribution in [0.2, 0.25) is 0 Å². The Morgan fingerprint density at radius 2 is 1.89 bits per heavy atom. The van der Waals surface area contributed by atoms with E-state index < -0.39 is 29.4 Å². The van der Waals surface area contributed by atoms with Gasteiger partial charge in [-0.2, -0.15) is 0 Å². The van der Waals surface area contributed by atoms with Crippen molar-refractivity contribution in [2.45, 2.75) is 12.5 Å². The van der Waals surface area contributed by atoms with Crippen molar-refractivity contribution in [2.24, 2.45) is 0 Å². The van der Waals surface area contributed by atoms with Crippen LogP contribution in [0.3, 0.4) is 0 Å². The largest absolute Gasteiger partial charge is 0.469 e. The second kappa shape index (κ2) is 6.38. The number of ether oxygens (including phenoxy) is 1. The zero-order chi connectivity index (χ0) is 14.6. The fourth-order valence-corrected chi connectivity index (χ4v) is 1.59. The lowest BCUT2D eigenvalue weighted by Crippen LogP contribution is -2.38. The topological polar surface area (TPSA) is 46.6 Å². The van der Waals surface area contributed by atoms with E-state index in [0.717, 1.165) is 12.1 Å². The molecule has 0 aliphatic heterocycles. The summed E-state index contributed by atoms with van der Waals surface area (Å²) < 4.78 is 30.4. The molecule has 19 heavy (non-hydrogen) atoms. The molecule has 6 heteroatoms. The molecule has 1 aromatic rings. The Labute approximate surface area is 110 Å². The van der Waals surface area contributed by atoms with Gasteiger partial charge in [0.1, 0.15) is 0 Å². The first-order chi connectivity index (χ1) is 8.86. The maximum Gasteiger partial charge on any atom is 0.307 e. The summed E-state index contributed by atoms with van der Waals surface area (Å²) in [5, 5.41) is 0. The number of rotatable bonds is 5. The van der Waals surface area contributed by atoms with Crippen molar-refractivity contribution in [3.8, 4) is 0 Å². The fraction of sp³-hybridized carbons (Fsp3) is 0.385. The third-order valence-corrected chi connectivity index (χ3v) is 2.72. The van der Waals surface area contributed by atoms with Crippen LogP contribution in [0.5, 0.6) is 0 Å². The zero-order valence-electron chi connectivity index (χ0n) is 10.9. The molecule has 0 heterocycles. The summed E-state index contributed by atoms with van der Waals surface area (Å²) in [4.78, 5) is 24.9. The van der Waals surface area contributed by atoms with Crippen LogP contribution in [0.1, 0.15) is 16.8 Å². The number of ketones is 1.